The molecule has 0 bridgehead atoms. The largest absolute Gasteiger partial charge is 0.274 e. The predicted octanol–water partition coefficient (Wildman–Crippen LogP) is 1.13. The number of nitrogens with zero attached hydrogens (tertiary/aromatic N) is 2. The highest BCUT2D eigenvalue weighted by atomic mass is 16.2. The van der Waals surface area contributed by atoms with Gasteiger partial charge in [-0.1, -0.05) is 18.2 Å². The predicted molar refractivity (Wildman–Crippen MR) is 49.8 cm³/mol. The third-order valence-electron chi connectivity index (χ3n) is 1.69. The first-order valence-electron chi connectivity index (χ1n) is 3.98. The second-order valence-corrected chi connectivity index (χ2v) is 2.80. The Balaban J connectivity index is 2.44. The third-order valence-corrected chi connectivity index (χ3v) is 1.69. The highest BCUT2D eigenvalue weighted by Gasteiger charge is 1.98. The molecule has 0 aliphatic carbocycles. The fourth-order valence-electron chi connectivity index (χ4n) is 1.18. The van der Waals surface area contributed by atoms with Crippen LogP contribution in [0.1, 0.15) is 6.92 Å². The van der Waals surface area contributed by atoms with Gasteiger partial charge < -0.3 is 0 Å². The maximum Gasteiger partial charge on any atom is 0.236 e. The number of hydrogen-bond acceptors (Lipinski definition) is 2. The fourth-order valence-corrected chi connectivity index (χ4v) is 1.18. The maximum absolute atomic E-state index is 10.7. The van der Waals surface area contributed by atoms with Crippen LogP contribution in [0, 0.1) is 0 Å². The molecule has 1 N–H and O–H groups in total. The van der Waals surface area contributed by atoms with Crippen LogP contribution in [0.3, 0.4) is 0 Å². The van der Waals surface area contributed by atoms with Crippen molar-refractivity contribution in [2.24, 2.45) is 0 Å². The highest BCUT2D eigenvalue weighted by molar-refractivity contribution is 5.82. The molecule has 4 nitrogen and oxygen atoms in total. The molecule has 0 radical (unpaired) electrons. The Hall–Kier alpha value is -1.84. The minimum absolute atomic E-state index is 0.132. The minimum Gasteiger partial charge on any atom is -0.274 e. The van der Waals surface area contributed by atoms with Crippen molar-refractivity contribution in [2.45, 2.75) is 6.92 Å². The molecule has 0 aliphatic rings. The molecule has 1 heterocycles. The molecule has 0 atom stereocenters. The molecule has 2 aromatic rings. The molecule has 0 unspecified atom stereocenters. The Kier molecular flexibility index (Phi) is 1.73. The first kappa shape index (κ1) is 7.79. The highest BCUT2D eigenvalue weighted by Crippen LogP contribution is 2.09. The number of fused-ring (bicyclic) bond motifs is 1. The van der Waals surface area contributed by atoms with Crippen molar-refractivity contribution in [1.29, 1.82) is 0 Å². The number of carbonyl (C=O) groups excluding carboxylic acids is 1. The maximum atomic E-state index is 10.7. The SMILES string of the molecule is CC(=O)Nn1cc2ccccc2n1. The molecule has 0 saturated heterocycles. The Morgan fingerprint density at radius 2 is 2.23 bits per heavy atom. The number of hydrogen-bond donors (Lipinski definition) is 1. The number of carbonyl (C=O) groups is 1. The van der Waals surface area contributed by atoms with Crippen LogP contribution in [0.2, 0.25) is 0 Å². The first-order chi connectivity index (χ1) is 6.25. The number of amides is 1. The van der Waals surface area contributed by atoms with Crippen molar-refractivity contribution in [2.75, 3.05) is 5.43 Å². The van der Waals surface area contributed by atoms with Gasteiger partial charge in [-0.25, -0.2) is 5.43 Å². The van der Waals surface area contributed by atoms with Crippen LogP contribution in [0.4, 0.5) is 0 Å². The molecule has 2 rings (SSSR count). The number of aromatic nitrogens is 2. The van der Waals surface area contributed by atoms with Gasteiger partial charge in [0, 0.05) is 12.3 Å². The summed E-state index contributed by atoms with van der Waals surface area (Å²) < 4.78 is 0. The molecule has 66 valence electrons. The monoisotopic (exact) mass is 175 g/mol. The van der Waals surface area contributed by atoms with Crippen LogP contribution < -0.4 is 5.43 Å². The number of nitrogens with one attached hydrogen (secondary N) is 1. The summed E-state index contributed by atoms with van der Waals surface area (Å²) in [6.45, 7) is 1.45. The van der Waals surface area contributed by atoms with Gasteiger partial charge in [-0.2, -0.15) is 9.89 Å². The minimum atomic E-state index is -0.132. The van der Waals surface area contributed by atoms with Gasteiger partial charge in [0.25, 0.3) is 0 Å². The van der Waals surface area contributed by atoms with Gasteiger partial charge in [0.1, 0.15) is 0 Å². The molecular weight excluding hydrogens is 166 g/mol. The lowest BCUT2D eigenvalue weighted by molar-refractivity contribution is -0.115. The van der Waals surface area contributed by atoms with Crippen LogP contribution in [0.25, 0.3) is 10.9 Å². The Morgan fingerprint density at radius 1 is 1.46 bits per heavy atom. The van der Waals surface area contributed by atoms with Gasteiger partial charge in [-0.3, -0.25) is 4.79 Å². The van der Waals surface area contributed by atoms with Gasteiger partial charge >= 0.3 is 0 Å². The molecule has 4 heteroatoms. The van der Waals surface area contributed by atoms with Crippen molar-refractivity contribution in [3.8, 4) is 0 Å². The molecule has 1 amide bonds. The number of benzene rings is 1. The summed E-state index contributed by atoms with van der Waals surface area (Å²) in [6.07, 6.45) is 1.77. The first-order valence-corrected chi connectivity index (χ1v) is 3.98. The van der Waals surface area contributed by atoms with Crippen LogP contribution in [0.15, 0.2) is 30.5 Å². The van der Waals surface area contributed by atoms with E-state index in [1.54, 1.807) is 6.20 Å². The lowest BCUT2D eigenvalue weighted by Gasteiger charge is -1.97. The zero-order valence-corrected chi connectivity index (χ0v) is 7.19. The van der Waals surface area contributed by atoms with E-state index in [1.165, 1.54) is 11.7 Å². The van der Waals surface area contributed by atoms with Crippen LogP contribution in [0.5, 0.6) is 0 Å². The van der Waals surface area contributed by atoms with Crippen molar-refractivity contribution >= 4 is 16.8 Å². The van der Waals surface area contributed by atoms with E-state index in [4.69, 9.17) is 0 Å². The molecule has 1 aromatic carbocycles. The van der Waals surface area contributed by atoms with E-state index in [0.717, 1.165) is 10.9 Å². The molecule has 0 fully saturated rings. The van der Waals surface area contributed by atoms with Gasteiger partial charge in [-0.15, -0.1) is 0 Å². The lowest BCUT2D eigenvalue weighted by atomic mass is 10.3. The van der Waals surface area contributed by atoms with E-state index in [1.807, 2.05) is 24.3 Å². The molecule has 0 aliphatic heterocycles. The third kappa shape index (κ3) is 1.51. The average Bonchev–Trinajstić information content (AvgIpc) is 2.44. The second kappa shape index (κ2) is 2.90. The van der Waals surface area contributed by atoms with Crippen molar-refractivity contribution in [3.63, 3.8) is 0 Å². The Morgan fingerprint density at radius 3 is 2.92 bits per heavy atom. The normalized spacial score (nSPS) is 10.2. The molecule has 1 aromatic heterocycles. The van der Waals surface area contributed by atoms with Gasteiger partial charge in [0.2, 0.25) is 5.91 Å². The summed E-state index contributed by atoms with van der Waals surface area (Å²) in [5, 5.41) is 5.15. The summed E-state index contributed by atoms with van der Waals surface area (Å²) in [7, 11) is 0. The molecule has 13 heavy (non-hydrogen) atoms. The van der Waals surface area contributed by atoms with Crippen molar-refractivity contribution in [1.82, 2.24) is 9.89 Å². The van der Waals surface area contributed by atoms with Crippen molar-refractivity contribution < 1.29 is 4.79 Å². The quantitative estimate of drug-likeness (QED) is 0.706. The topological polar surface area (TPSA) is 46.9 Å². The lowest BCUT2D eigenvalue weighted by Crippen LogP contribution is -2.19. The van der Waals surface area contributed by atoms with Gasteiger partial charge in [-0.05, 0) is 6.07 Å². The summed E-state index contributed by atoms with van der Waals surface area (Å²) in [5.74, 6) is -0.132. The summed E-state index contributed by atoms with van der Waals surface area (Å²) >= 11 is 0. The van der Waals surface area contributed by atoms with Crippen LogP contribution >= 0.6 is 0 Å². The summed E-state index contributed by atoms with van der Waals surface area (Å²) in [4.78, 5) is 12.1. The Bertz CT molecular complexity index is 414. The van der Waals surface area contributed by atoms with E-state index in [2.05, 4.69) is 10.5 Å². The van der Waals surface area contributed by atoms with E-state index in [-0.39, 0.29) is 5.91 Å². The molecule has 0 saturated carbocycles. The van der Waals surface area contributed by atoms with E-state index >= 15 is 0 Å². The smallest absolute Gasteiger partial charge is 0.236 e. The van der Waals surface area contributed by atoms with Gasteiger partial charge in [0.05, 0.1) is 11.7 Å². The van der Waals surface area contributed by atoms with E-state index in [0.29, 0.717) is 0 Å². The Labute approximate surface area is 75.1 Å². The number of rotatable bonds is 1. The van der Waals surface area contributed by atoms with E-state index in [9.17, 15) is 4.79 Å². The molecular formula is C9H9N3O. The fraction of sp³-hybridized carbons (Fsp3) is 0.111. The van der Waals surface area contributed by atoms with Crippen LogP contribution in [-0.4, -0.2) is 15.8 Å². The average molecular weight is 175 g/mol. The summed E-state index contributed by atoms with van der Waals surface area (Å²) in [5.41, 5.74) is 3.43. The zero-order valence-electron chi connectivity index (χ0n) is 7.19. The van der Waals surface area contributed by atoms with Crippen LogP contribution in [-0.2, 0) is 4.79 Å². The summed E-state index contributed by atoms with van der Waals surface area (Å²) in [6, 6.07) is 7.68. The van der Waals surface area contributed by atoms with Crippen molar-refractivity contribution in [3.05, 3.63) is 30.5 Å². The standard InChI is InChI=1S/C9H9N3O/c1-7(13)10-12-6-8-4-2-3-5-9(8)11-12/h2-6H,1H3,(H,10,13). The zero-order chi connectivity index (χ0) is 9.26. The van der Waals surface area contributed by atoms with E-state index < -0.39 is 0 Å². The second-order valence-electron chi connectivity index (χ2n) is 2.80. The molecule has 0 spiro atoms. The van der Waals surface area contributed by atoms with Gasteiger partial charge in [0.15, 0.2) is 0 Å².